The number of rotatable bonds is 30. The number of halogens is 5. The molecule has 0 radical (unpaired) electrons. The van der Waals surface area contributed by atoms with Crippen molar-refractivity contribution in [1.29, 1.82) is 0 Å². The van der Waals surface area contributed by atoms with E-state index in [0.717, 1.165) is 10.6 Å². The van der Waals surface area contributed by atoms with Gasteiger partial charge < -0.3 is 49.4 Å². The quantitative estimate of drug-likeness (QED) is 0.0161. The highest BCUT2D eigenvalue weighted by Crippen LogP contribution is 2.32. The van der Waals surface area contributed by atoms with Crippen molar-refractivity contribution in [3.63, 3.8) is 0 Å². The second-order valence-corrected chi connectivity index (χ2v) is 20.6. The molecule has 3 aromatic rings. The van der Waals surface area contributed by atoms with E-state index in [9.17, 15) is 50.7 Å². The number of nitrogens with zero attached hydrogens (tertiary/aromatic N) is 3. The lowest BCUT2D eigenvalue weighted by molar-refractivity contribution is -0.148. The van der Waals surface area contributed by atoms with Gasteiger partial charge in [-0.25, -0.2) is 18.2 Å². The molecule has 0 bridgehead atoms. The Bertz CT molecular complexity index is 2380. The summed E-state index contributed by atoms with van der Waals surface area (Å²) in [6.45, 7) is 12.0. The van der Waals surface area contributed by atoms with E-state index in [0.29, 0.717) is 32.2 Å². The molecule has 0 unspecified atom stereocenters. The van der Waals surface area contributed by atoms with Crippen LogP contribution in [0, 0.1) is 46.8 Å². The van der Waals surface area contributed by atoms with Gasteiger partial charge in [-0.1, -0.05) is 71.4 Å². The number of methoxy groups -OCH3 is 2. The number of ether oxygens (including phenoxy) is 5. The van der Waals surface area contributed by atoms with Crippen LogP contribution in [0.5, 0.6) is 5.75 Å². The van der Waals surface area contributed by atoms with Gasteiger partial charge >= 0.3 is 5.97 Å². The minimum Gasteiger partial charge on any atom is -0.420 e. The SMILES string of the molecule is CC[C@H](C)[C@@H]([C@@H](CC(=O)N1CCC[C@H]1[C@H](OC)[C@@H](C)C(=O)N[C@@H](Cc1ccccc1)c1nccs1)OC)N(C)C(=O)[C@@H](NC(=O)C(C)(C)NC(=O)CCOCCOCCC(=O)Oc1c(F)c(F)c(F)c(F)c1F)C(C)C. The smallest absolute Gasteiger partial charge is 0.313 e. The molecule has 0 saturated carbocycles. The first-order chi connectivity index (χ1) is 36.0. The van der Waals surface area contributed by atoms with Crippen molar-refractivity contribution in [3.8, 4) is 5.75 Å². The lowest BCUT2D eigenvalue weighted by Gasteiger charge is -2.41. The predicted molar refractivity (Wildman–Crippen MR) is 271 cm³/mol. The van der Waals surface area contributed by atoms with Crippen molar-refractivity contribution in [1.82, 2.24) is 30.7 Å². The van der Waals surface area contributed by atoms with Crippen LogP contribution in [0.1, 0.15) is 104 Å². The fraction of sp³-hybridized carbons (Fsp3) is 0.604. The number of carbonyl (C=O) groups excluding carboxylic acids is 6. The average Bonchev–Trinajstić information content (AvgIpc) is 4.12. The third kappa shape index (κ3) is 16.9. The zero-order valence-electron chi connectivity index (χ0n) is 44.9. The van der Waals surface area contributed by atoms with Gasteiger partial charge in [0.15, 0.2) is 0 Å². The van der Waals surface area contributed by atoms with Crippen LogP contribution in [0.2, 0.25) is 0 Å². The van der Waals surface area contributed by atoms with E-state index in [1.807, 2.05) is 49.6 Å². The summed E-state index contributed by atoms with van der Waals surface area (Å²) in [6.07, 6.45) is 1.94. The number of likely N-dealkylation sites (tertiary alicyclic amines) is 1. The van der Waals surface area contributed by atoms with Gasteiger partial charge in [0.2, 0.25) is 64.4 Å². The number of amides is 5. The Morgan fingerprint density at radius 1 is 0.855 bits per heavy atom. The topological polar surface area (TPSA) is 204 Å². The fourth-order valence-corrected chi connectivity index (χ4v) is 9.76. The van der Waals surface area contributed by atoms with E-state index < -0.39 is 113 Å². The van der Waals surface area contributed by atoms with Crippen LogP contribution >= 0.6 is 11.3 Å². The second-order valence-electron chi connectivity index (χ2n) is 19.7. The van der Waals surface area contributed by atoms with E-state index in [-0.39, 0.29) is 63.0 Å². The van der Waals surface area contributed by atoms with Gasteiger partial charge in [-0.2, -0.15) is 8.78 Å². The first-order valence-corrected chi connectivity index (χ1v) is 26.2. The molecule has 1 aliphatic heterocycles. The fourth-order valence-electron chi connectivity index (χ4n) is 9.07. The number of benzene rings is 2. The summed E-state index contributed by atoms with van der Waals surface area (Å²) in [5.74, 6) is -17.8. The Morgan fingerprint density at radius 3 is 2.04 bits per heavy atom. The number of hydrogen-bond acceptors (Lipinski definition) is 13. The van der Waals surface area contributed by atoms with Gasteiger partial charge in [0.25, 0.3) is 0 Å². The molecule has 1 saturated heterocycles. The van der Waals surface area contributed by atoms with E-state index in [1.165, 1.54) is 37.2 Å². The highest BCUT2D eigenvalue weighted by molar-refractivity contribution is 7.09. The van der Waals surface area contributed by atoms with Crippen LogP contribution in [0.15, 0.2) is 41.9 Å². The lowest BCUT2D eigenvalue weighted by Crippen LogP contribution is -2.62. The summed E-state index contributed by atoms with van der Waals surface area (Å²) in [5.41, 5.74) is -0.451. The molecule has 76 heavy (non-hydrogen) atoms. The molecular formula is C53H73F5N6O11S. The Morgan fingerprint density at radius 2 is 1.47 bits per heavy atom. The zero-order valence-corrected chi connectivity index (χ0v) is 45.7. The summed E-state index contributed by atoms with van der Waals surface area (Å²) in [7, 11) is 4.65. The molecule has 17 nitrogen and oxygen atoms in total. The van der Waals surface area contributed by atoms with E-state index in [1.54, 1.807) is 46.0 Å². The molecule has 1 aromatic heterocycles. The van der Waals surface area contributed by atoms with E-state index >= 15 is 0 Å². The lowest BCUT2D eigenvalue weighted by atomic mass is 9.89. The normalized spacial score (nSPS) is 16.5. The molecule has 2 heterocycles. The van der Waals surface area contributed by atoms with E-state index in [2.05, 4.69) is 25.7 Å². The zero-order chi connectivity index (χ0) is 56.4. The number of thiazole rings is 1. The molecule has 8 atom stereocenters. The third-order valence-electron chi connectivity index (χ3n) is 13.5. The largest absolute Gasteiger partial charge is 0.420 e. The van der Waals surface area contributed by atoms with Gasteiger partial charge in [0.05, 0.1) is 75.5 Å². The molecule has 422 valence electrons. The van der Waals surface area contributed by atoms with Crippen molar-refractivity contribution in [3.05, 3.63) is 81.6 Å². The highest BCUT2D eigenvalue weighted by atomic mass is 32.1. The molecule has 4 rings (SSSR count). The minimum atomic E-state index is -2.40. The monoisotopic (exact) mass is 1100 g/mol. The maximum atomic E-state index is 14.5. The van der Waals surface area contributed by atoms with Crippen LogP contribution < -0.4 is 20.7 Å². The molecule has 1 aliphatic rings. The Hall–Kier alpha value is -5.62. The molecule has 2 aromatic carbocycles. The molecule has 23 heteroatoms. The van der Waals surface area contributed by atoms with Crippen LogP contribution in [0.4, 0.5) is 22.0 Å². The van der Waals surface area contributed by atoms with Crippen molar-refractivity contribution in [2.45, 2.75) is 135 Å². The maximum Gasteiger partial charge on any atom is 0.313 e. The molecule has 0 spiro atoms. The van der Waals surface area contributed by atoms with Crippen molar-refractivity contribution >= 4 is 46.8 Å². The molecule has 0 aliphatic carbocycles. The predicted octanol–water partition coefficient (Wildman–Crippen LogP) is 6.61. The van der Waals surface area contributed by atoms with Crippen LogP contribution in [-0.2, 0) is 54.1 Å². The van der Waals surface area contributed by atoms with Gasteiger partial charge in [0, 0.05) is 45.8 Å². The molecule has 1 fully saturated rings. The van der Waals surface area contributed by atoms with Gasteiger partial charge in [-0.3, -0.25) is 28.8 Å². The summed E-state index contributed by atoms with van der Waals surface area (Å²) in [4.78, 5) is 89.3. The number of esters is 1. The number of hydrogen-bond donors (Lipinski definition) is 3. The summed E-state index contributed by atoms with van der Waals surface area (Å²) < 4.78 is 94.6. The first kappa shape index (κ1) is 62.9. The van der Waals surface area contributed by atoms with Crippen LogP contribution in [0.3, 0.4) is 0 Å². The minimum absolute atomic E-state index is 0.0660. The summed E-state index contributed by atoms with van der Waals surface area (Å²) in [5, 5.41) is 11.3. The Balaban J connectivity index is 1.30. The molecule has 5 amide bonds. The van der Waals surface area contributed by atoms with E-state index in [4.69, 9.17) is 18.9 Å². The average molecular weight is 1100 g/mol. The number of likely N-dealkylation sites (N-methyl/N-ethyl adjacent to an activating group) is 1. The second kappa shape index (κ2) is 29.8. The van der Waals surface area contributed by atoms with Gasteiger partial charge in [0.1, 0.15) is 16.6 Å². The first-order valence-electron chi connectivity index (χ1n) is 25.3. The van der Waals surface area contributed by atoms with Crippen molar-refractivity contribution in [2.75, 3.05) is 54.2 Å². The Kier molecular flexibility index (Phi) is 24.6. The number of nitrogens with one attached hydrogen (secondary N) is 3. The van der Waals surface area contributed by atoms with Crippen molar-refractivity contribution in [2.24, 2.45) is 17.8 Å². The van der Waals surface area contributed by atoms with Crippen LogP contribution in [-0.4, -0.2) is 140 Å². The number of carbonyl (C=O) groups is 6. The van der Waals surface area contributed by atoms with Gasteiger partial charge in [-0.05, 0) is 50.5 Å². The highest BCUT2D eigenvalue weighted by Gasteiger charge is 2.44. The summed E-state index contributed by atoms with van der Waals surface area (Å²) >= 11 is 1.46. The van der Waals surface area contributed by atoms with Crippen LogP contribution in [0.25, 0.3) is 0 Å². The maximum absolute atomic E-state index is 14.5. The molecular weight excluding hydrogens is 1020 g/mol. The molecule has 3 N–H and O–H groups in total. The Labute approximate surface area is 445 Å². The number of aromatic nitrogens is 1. The van der Waals surface area contributed by atoms with Crippen molar-refractivity contribution < 1.29 is 74.4 Å². The van der Waals surface area contributed by atoms with Gasteiger partial charge in [-0.15, -0.1) is 11.3 Å². The third-order valence-corrected chi connectivity index (χ3v) is 14.4. The standard InChI is InChI=1S/C53H73F5N6O11S/c1-11-31(4)46(36(71-9)29-38(66)64-22-15-18-35(64)47(72-10)32(5)49(68)60-34(50-59-21-27-76-50)28-33-16-13-12-14-17-33)63(8)51(69)45(30(2)3)61-52(70)53(6,7)62-37(65)19-23-73-25-26-74-24-20-39(67)75-48-43(57)41(55)40(54)42(56)44(48)58/h12-14,16-17,21,27,30-32,34-36,45-47H,11,15,18-20,22-26,28-29H2,1-10H3,(H,60,68)(H,61,70)(H,62,65)/t31-,32+,34-,35-,36+,45-,46-,47+/m0/s1. The summed E-state index contributed by atoms with van der Waals surface area (Å²) in [6, 6.07) is 7.40.